The Kier molecular flexibility index (Phi) is 3.67. The number of methoxy groups -OCH3 is 1. The topological polar surface area (TPSA) is 55.2 Å². The fourth-order valence-corrected chi connectivity index (χ4v) is 1.62. The summed E-state index contributed by atoms with van der Waals surface area (Å²) in [6.07, 6.45) is 4.62. The van der Waals surface area contributed by atoms with Gasteiger partial charge in [0, 0.05) is 24.4 Å². The summed E-state index contributed by atoms with van der Waals surface area (Å²) >= 11 is 0. The molecule has 1 N–H and O–H groups in total. The van der Waals surface area contributed by atoms with Gasteiger partial charge in [0.1, 0.15) is 12.1 Å². The zero-order valence-electron chi connectivity index (χ0n) is 9.58. The highest BCUT2D eigenvalue weighted by atomic mass is 16.5. The van der Waals surface area contributed by atoms with Crippen LogP contribution in [0.1, 0.15) is 17.2 Å². The molecular formula is C13H14N2O2. The van der Waals surface area contributed by atoms with E-state index in [4.69, 9.17) is 4.74 Å². The van der Waals surface area contributed by atoms with Gasteiger partial charge < -0.3 is 9.84 Å². The van der Waals surface area contributed by atoms with Crippen LogP contribution in [0.5, 0.6) is 5.75 Å². The standard InChI is InChI=1S/C13H14N2O2/c1-17-12-4-2-3-10(5-12)6-13(16)11-7-14-9-15-8-11/h2-5,7-9,13,16H,6H2,1H3. The maximum atomic E-state index is 10.0. The summed E-state index contributed by atoms with van der Waals surface area (Å²) in [5.41, 5.74) is 1.73. The van der Waals surface area contributed by atoms with Crippen molar-refractivity contribution in [1.29, 1.82) is 0 Å². The summed E-state index contributed by atoms with van der Waals surface area (Å²) in [4.78, 5) is 7.77. The van der Waals surface area contributed by atoms with E-state index in [1.807, 2.05) is 24.3 Å². The molecule has 0 spiro atoms. The van der Waals surface area contributed by atoms with Gasteiger partial charge >= 0.3 is 0 Å². The molecule has 0 radical (unpaired) electrons. The average Bonchev–Trinajstić information content (AvgIpc) is 2.40. The van der Waals surface area contributed by atoms with Gasteiger partial charge in [-0.15, -0.1) is 0 Å². The van der Waals surface area contributed by atoms with Crippen molar-refractivity contribution in [2.75, 3.05) is 7.11 Å². The fourth-order valence-electron chi connectivity index (χ4n) is 1.62. The Morgan fingerprint density at radius 3 is 2.76 bits per heavy atom. The van der Waals surface area contributed by atoms with Gasteiger partial charge in [-0.3, -0.25) is 0 Å². The van der Waals surface area contributed by atoms with E-state index in [-0.39, 0.29) is 0 Å². The van der Waals surface area contributed by atoms with E-state index in [2.05, 4.69) is 9.97 Å². The number of hydrogen-bond acceptors (Lipinski definition) is 4. The number of ether oxygens (including phenoxy) is 1. The summed E-state index contributed by atoms with van der Waals surface area (Å²) in [6.45, 7) is 0. The van der Waals surface area contributed by atoms with Crippen molar-refractivity contribution in [3.05, 3.63) is 54.1 Å². The number of rotatable bonds is 4. The number of aliphatic hydroxyl groups is 1. The number of aliphatic hydroxyl groups excluding tert-OH is 1. The van der Waals surface area contributed by atoms with Gasteiger partial charge in [-0.2, -0.15) is 0 Å². The van der Waals surface area contributed by atoms with E-state index in [0.29, 0.717) is 6.42 Å². The molecule has 1 aromatic carbocycles. The minimum atomic E-state index is -0.594. The molecule has 1 heterocycles. The van der Waals surface area contributed by atoms with Gasteiger partial charge in [0.05, 0.1) is 13.2 Å². The highest BCUT2D eigenvalue weighted by molar-refractivity contribution is 5.29. The SMILES string of the molecule is COc1cccc(CC(O)c2cncnc2)c1. The van der Waals surface area contributed by atoms with Crippen LogP contribution in [-0.2, 0) is 6.42 Å². The smallest absolute Gasteiger partial charge is 0.119 e. The lowest BCUT2D eigenvalue weighted by molar-refractivity contribution is 0.177. The first kappa shape index (κ1) is 11.5. The van der Waals surface area contributed by atoms with E-state index >= 15 is 0 Å². The number of hydrogen-bond donors (Lipinski definition) is 1. The van der Waals surface area contributed by atoms with E-state index in [0.717, 1.165) is 16.9 Å². The third-order valence-electron chi connectivity index (χ3n) is 2.53. The second-order valence-corrected chi connectivity index (χ2v) is 3.74. The molecule has 17 heavy (non-hydrogen) atoms. The van der Waals surface area contributed by atoms with Crippen molar-refractivity contribution in [3.63, 3.8) is 0 Å². The molecule has 0 aliphatic heterocycles. The van der Waals surface area contributed by atoms with Crippen LogP contribution >= 0.6 is 0 Å². The largest absolute Gasteiger partial charge is 0.497 e. The van der Waals surface area contributed by atoms with Crippen LogP contribution in [0.15, 0.2) is 43.0 Å². The van der Waals surface area contributed by atoms with Crippen LogP contribution in [0.25, 0.3) is 0 Å². The Morgan fingerprint density at radius 2 is 2.06 bits per heavy atom. The molecule has 0 saturated heterocycles. The van der Waals surface area contributed by atoms with Crippen molar-refractivity contribution in [3.8, 4) is 5.75 Å². The van der Waals surface area contributed by atoms with Crippen LogP contribution in [0.4, 0.5) is 0 Å². The lowest BCUT2D eigenvalue weighted by Crippen LogP contribution is -2.02. The second-order valence-electron chi connectivity index (χ2n) is 3.74. The van der Waals surface area contributed by atoms with Gasteiger partial charge in [0.2, 0.25) is 0 Å². The third-order valence-corrected chi connectivity index (χ3v) is 2.53. The van der Waals surface area contributed by atoms with Crippen molar-refractivity contribution in [2.24, 2.45) is 0 Å². The van der Waals surface area contributed by atoms with Crippen LogP contribution < -0.4 is 4.74 Å². The van der Waals surface area contributed by atoms with Crippen molar-refractivity contribution >= 4 is 0 Å². The summed E-state index contributed by atoms with van der Waals surface area (Å²) in [6, 6.07) is 7.65. The normalized spacial score (nSPS) is 12.1. The predicted octanol–water partition coefficient (Wildman–Crippen LogP) is 1.76. The first-order chi connectivity index (χ1) is 8.29. The maximum Gasteiger partial charge on any atom is 0.119 e. The summed E-state index contributed by atoms with van der Waals surface area (Å²) in [5, 5.41) is 10.0. The first-order valence-electron chi connectivity index (χ1n) is 5.35. The van der Waals surface area contributed by atoms with E-state index in [9.17, 15) is 5.11 Å². The molecule has 0 fully saturated rings. The zero-order valence-corrected chi connectivity index (χ0v) is 9.58. The molecule has 88 valence electrons. The molecule has 0 saturated carbocycles. The summed E-state index contributed by atoms with van der Waals surface area (Å²) in [5.74, 6) is 0.791. The average molecular weight is 230 g/mol. The molecule has 4 heteroatoms. The second kappa shape index (κ2) is 5.41. The minimum absolute atomic E-state index is 0.518. The highest BCUT2D eigenvalue weighted by Crippen LogP contribution is 2.19. The quantitative estimate of drug-likeness (QED) is 0.869. The lowest BCUT2D eigenvalue weighted by Gasteiger charge is -2.10. The Bertz CT molecular complexity index is 474. The molecule has 0 bridgehead atoms. The van der Waals surface area contributed by atoms with Gasteiger partial charge in [0.15, 0.2) is 0 Å². The molecule has 0 amide bonds. The fraction of sp³-hybridized carbons (Fsp3) is 0.231. The highest BCUT2D eigenvalue weighted by Gasteiger charge is 2.09. The van der Waals surface area contributed by atoms with Crippen LogP contribution in [0, 0.1) is 0 Å². The molecule has 1 unspecified atom stereocenters. The summed E-state index contributed by atoms with van der Waals surface area (Å²) in [7, 11) is 1.63. The summed E-state index contributed by atoms with van der Waals surface area (Å²) < 4.78 is 5.14. The Hall–Kier alpha value is -1.94. The van der Waals surface area contributed by atoms with Crippen molar-refractivity contribution in [2.45, 2.75) is 12.5 Å². The molecule has 2 aromatic rings. The van der Waals surface area contributed by atoms with Crippen LogP contribution in [0.3, 0.4) is 0 Å². The molecule has 2 rings (SSSR count). The Morgan fingerprint density at radius 1 is 1.29 bits per heavy atom. The molecule has 1 atom stereocenters. The predicted molar refractivity (Wildman–Crippen MR) is 63.7 cm³/mol. The first-order valence-corrected chi connectivity index (χ1v) is 5.35. The van der Waals surface area contributed by atoms with Gasteiger partial charge in [0.25, 0.3) is 0 Å². The molecule has 0 aliphatic rings. The molecule has 4 nitrogen and oxygen atoms in total. The number of aromatic nitrogens is 2. The molecule has 1 aromatic heterocycles. The van der Waals surface area contributed by atoms with Crippen LogP contribution in [-0.4, -0.2) is 22.2 Å². The van der Waals surface area contributed by atoms with E-state index in [1.54, 1.807) is 19.5 Å². The number of benzene rings is 1. The van der Waals surface area contributed by atoms with Crippen molar-refractivity contribution < 1.29 is 9.84 Å². The molecular weight excluding hydrogens is 216 g/mol. The Labute approximate surface area is 99.9 Å². The van der Waals surface area contributed by atoms with Gasteiger partial charge in [-0.1, -0.05) is 12.1 Å². The number of nitrogens with zero attached hydrogens (tertiary/aromatic N) is 2. The van der Waals surface area contributed by atoms with Crippen LogP contribution in [0.2, 0.25) is 0 Å². The van der Waals surface area contributed by atoms with E-state index < -0.39 is 6.10 Å². The minimum Gasteiger partial charge on any atom is -0.497 e. The monoisotopic (exact) mass is 230 g/mol. The lowest BCUT2D eigenvalue weighted by atomic mass is 10.0. The van der Waals surface area contributed by atoms with Gasteiger partial charge in [-0.25, -0.2) is 9.97 Å². The Balaban J connectivity index is 2.10. The molecule has 0 aliphatic carbocycles. The van der Waals surface area contributed by atoms with E-state index in [1.165, 1.54) is 6.33 Å². The maximum absolute atomic E-state index is 10.0. The van der Waals surface area contributed by atoms with Gasteiger partial charge in [-0.05, 0) is 17.7 Å². The third kappa shape index (κ3) is 3.01. The van der Waals surface area contributed by atoms with Crippen molar-refractivity contribution in [1.82, 2.24) is 9.97 Å². The zero-order chi connectivity index (χ0) is 12.1.